The Kier molecular flexibility index (Phi) is 7.55. The van der Waals surface area contributed by atoms with E-state index in [0.29, 0.717) is 35.9 Å². The first-order valence-corrected chi connectivity index (χ1v) is 13.5. The van der Waals surface area contributed by atoms with Crippen LogP contribution in [0.2, 0.25) is 5.02 Å². The molecule has 9 nitrogen and oxygen atoms in total. The molecular weight excluding hydrogens is 589 g/mol. The summed E-state index contributed by atoms with van der Waals surface area (Å²) < 4.78 is 17.8. The molecule has 39 heavy (non-hydrogen) atoms. The molecule has 3 heterocycles. The molecule has 1 aliphatic heterocycles. The Balaban J connectivity index is 1.30. The number of halogens is 3. The second-order valence-corrected chi connectivity index (χ2v) is 10.9. The zero-order valence-corrected chi connectivity index (χ0v) is 23.9. The smallest absolute Gasteiger partial charge is 0.254 e. The van der Waals surface area contributed by atoms with Gasteiger partial charge in [-0.15, -0.1) is 5.10 Å². The molecule has 0 aliphatic carbocycles. The zero-order chi connectivity index (χ0) is 27.8. The summed E-state index contributed by atoms with van der Waals surface area (Å²) in [7, 11) is 1.63. The van der Waals surface area contributed by atoms with Crippen LogP contribution in [-0.2, 0) is 17.9 Å². The summed E-state index contributed by atoms with van der Waals surface area (Å²) in [6, 6.07) is 9.51. The summed E-state index contributed by atoms with van der Waals surface area (Å²) in [5, 5.41) is 13.4. The van der Waals surface area contributed by atoms with Crippen molar-refractivity contribution in [3.63, 3.8) is 0 Å². The lowest BCUT2D eigenvalue weighted by Gasteiger charge is -2.30. The van der Waals surface area contributed by atoms with Crippen LogP contribution in [0, 0.1) is 12.7 Å². The monoisotopic (exact) mass is 613 g/mol. The van der Waals surface area contributed by atoms with Gasteiger partial charge in [0.15, 0.2) is 0 Å². The molecule has 5 rings (SSSR count). The number of hydrogen-bond acceptors (Lipinski definition) is 5. The Morgan fingerprint density at radius 1 is 1.21 bits per heavy atom. The van der Waals surface area contributed by atoms with Crippen LogP contribution in [0.25, 0.3) is 11.3 Å². The Morgan fingerprint density at radius 2 is 2.00 bits per heavy atom. The summed E-state index contributed by atoms with van der Waals surface area (Å²) in [6.07, 6.45) is 3.51. The molecule has 4 aromatic rings. The average molecular weight is 615 g/mol. The molecule has 1 atom stereocenters. The minimum absolute atomic E-state index is 0.0413. The van der Waals surface area contributed by atoms with Crippen LogP contribution in [0.5, 0.6) is 0 Å². The Hall–Kier alpha value is -3.57. The van der Waals surface area contributed by atoms with E-state index in [4.69, 9.17) is 11.6 Å². The standard InChI is InChI=1S/C27H26BrClFN7O2/c1-16-4-5-18(28)10-21(16)27(39)34(3)15-26(38)35-8-9-36-25(14-35)22(12-31-36)24-13-37(33-32-24)17(2)20-7-6-19(30)11-23(20)29/h4-7,10-13,17H,8-9,14-15H2,1-3H3/t17-/m1/s1. The van der Waals surface area contributed by atoms with Crippen LogP contribution in [-0.4, -0.2) is 66.5 Å². The Labute approximate surface area is 238 Å². The number of hydrogen-bond donors (Lipinski definition) is 0. The van der Waals surface area contributed by atoms with Crippen molar-refractivity contribution >= 4 is 39.3 Å². The van der Waals surface area contributed by atoms with Gasteiger partial charge in [-0.25, -0.2) is 9.07 Å². The van der Waals surface area contributed by atoms with Gasteiger partial charge in [-0.3, -0.25) is 14.3 Å². The molecule has 12 heteroatoms. The first kappa shape index (κ1) is 27.0. The van der Waals surface area contributed by atoms with E-state index in [2.05, 4.69) is 31.3 Å². The van der Waals surface area contributed by atoms with Crippen molar-refractivity contribution in [3.05, 3.63) is 86.5 Å². The van der Waals surface area contributed by atoms with Crippen molar-refractivity contribution in [3.8, 4) is 11.3 Å². The molecule has 0 spiro atoms. The first-order valence-electron chi connectivity index (χ1n) is 12.3. The van der Waals surface area contributed by atoms with E-state index < -0.39 is 5.82 Å². The Bertz CT molecular complexity index is 1570. The van der Waals surface area contributed by atoms with E-state index in [9.17, 15) is 14.0 Å². The van der Waals surface area contributed by atoms with E-state index in [0.717, 1.165) is 26.9 Å². The fourth-order valence-electron chi connectivity index (χ4n) is 4.65. The van der Waals surface area contributed by atoms with Crippen molar-refractivity contribution in [2.75, 3.05) is 20.1 Å². The van der Waals surface area contributed by atoms with Gasteiger partial charge >= 0.3 is 0 Å². The summed E-state index contributed by atoms with van der Waals surface area (Å²) in [4.78, 5) is 29.4. The second kappa shape index (κ2) is 10.9. The zero-order valence-electron chi connectivity index (χ0n) is 21.6. The highest BCUT2D eigenvalue weighted by molar-refractivity contribution is 9.10. The lowest BCUT2D eigenvalue weighted by atomic mass is 10.1. The lowest BCUT2D eigenvalue weighted by Crippen LogP contribution is -2.44. The third-order valence-electron chi connectivity index (χ3n) is 6.97. The highest BCUT2D eigenvalue weighted by atomic mass is 79.9. The number of fused-ring (bicyclic) bond motifs is 1. The number of benzene rings is 2. The number of carbonyl (C=O) groups excluding carboxylic acids is 2. The van der Waals surface area contributed by atoms with Crippen LogP contribution in [0.3, 0.4) is 0 Å². The van der Waals surface area contributed by atoms with Crippen LogP contribution >= 0.6 is 27.5 Å². The topological polar surface area (TPSA) is 89.2 Å². The average Bonchev–Trinajstić information content (AvgIpc) is 3.56. The molecule has 0 N–H and O–H groups in total. The molecule has 0 saturated heterocycles. The number of carbonyl (C=O) groups is 2. The molecule has 0 radical (unpaired) electrons. The van der Waals surface area contributed by atoms with Crippen molar-refractivity contribution in [2.24, 2.45) is 0 Å². The normalized spacial score (nSPS) is 13.7. The van der Waals surface area contributed by atoms with E-state index in [1.54, 1.807) is 41.2 Å². The summed E-state index contributed by atoms with van der Waals surface area (Å²) in [5.74, 6) is -0.767. The minimum atomic E-state index is -0.403. The van der Waals surface area contributed by atoms with Gasteiger partial charge in [0.2, 0.25) is 5.91 Å². The maximum absolute atomic E-state index is 13.5. The maximum atomic E-state index is 13.5. The van der Waals surface area contributed by atoms with Crippen LogP contribution in [0.1, 0.15) is 40.1 Å². The quantitative estimate of drug-likeness (QED) is 0.313. The molecule has 202 valence electrons. The third kappa shape index (κ3) is 5.46. The molecule has 2 amide bonds. The van der Waals surface area contributed by atoms with Gasteiger partial charge in [0.25, 0.3) is 5.91 Å². The number of likely N-dealkylation sites (N-methyl/N-ethyl adjacent to an activating group) is 1. The van der Waals surface area contributed by atoms with Gasteiger partial charge in [0, 0.05) is 34.2 Å². The van der Waals surface area contributed by atoms with Gasteiger partial charge in [-0.05, 0) is 49.2 Å². The number of rotatable bonds is 6. The number of aryl methyl sites for hydroxylation is 1. The summed E-state index contributed by atoms with van der Waals surface area (Å²) >= 11 is 9.65. The van der Waals surface area contributed by atoms with Crippen LogP contribution in [0.4, 0.5) is 4.39 Å². The molecule has 2 aromatic heterocycles. The van der Waals surface area contributed by atoms with Gasteiger partial charge in [0.1, 0.15) is 11.5 Å². The minimum Gasteiger partial charge on any atom is -0.333 e. The number of nitrogens with zero attached hydrogens (tertiary/aromatic N) is 7. The Morgan fingerprint density at radius 3 is 2.77 bits per heavy atom. The lowest BCUT2D eigenvalue weighted by molar-refractivity contribution is -0.133. The van der Waals surface area contributed by atoms with Crippen molar-refractivity contribution in [2.45, 2.75) is 33.0 Å². The predicted molar refractivity (Wildman–Crippen MR) is 148 cm³/mol. The van der Waals surface area contributed by atoms with Crippen LogP contribution < -0.4 is 0 Å². The molecule has 1 aliphatic rings. The highest BCUT2D eigenvalue weighted by Crippen LogP contribution is 2.29. The van der Waals surface area contributed by atoms with E-state index in [-0.39, 0.29) is 24.4 Å². The second-order valence-electron chi connectivity index (χ2n) is 9.59. The number of aromatic nitrogens is 5. The fourth-order valence-corrected chi connectivity index (χ4v) is 5.34. The SMILES string of the molecule is Cc1ccc(Br)cc1C(=O)N(C)CC(=O)N1CCn2ncc(-c3cn([C@H](C)c4ccc(F)cc4Cl)nn3)c2C1. The van der Waals surface area contributed by atoms with E-state index in [1.165, 1.54) is 17.0 Å². The predicted octanol–water partition coefficient (Wildman–Crippen LogP) is 4.73. The van der Waals surface area contributed by atoms with Crippen molar-refractivity contribution in [1.82, 2.24) is 34.6 Å². The van der Waals surface area contributed by atoms with Gasteiger partial charge in [-0.2, -0.15) is 5.10 Å². The van der Waals surface area contributed by atoms with Gasteiger partial charge in [0.05, 0.1) is 43.8 Å². The van der Waals surface area contributed by atoms with Gasteiger partial charge < -0.3 is 9.80 Å². The van der Waals surface area contributed by atoms with E-state index >= 15 is 0 Å². The molecule has 2 aromatic carbocycles. The third-order valence-corrected chi connectivity index (χ3v) is 7.79. The molecule has 0 unspecified atom stereocenters. The summed E-state index contributed by atoms with van der Waals surface area (Å²) in [5.41, 5.74) is 4.33. The first-order chi connectivity index (χ1) is 18.6. The van der Waals surface area contributed by atoms with Crippen LogP contribution in [0.15, 0.2) is 53.3 Å². The fraction of sp³-hybridized carbons (Fsp3) is 0.296. The summed E-state index contributed by atoms with van der Waals surface area (Å²) in [6.45, 7) is 5.07. The molecule has 0 saturated carbocycles. The maximum Gasteiger partial charge on any atom is 0.254 e. The molecular formula is C27H26BrClFN7O2. The molecule has 0 bridgehead atoms. The highest BCUT2D eigenvalue weighted by Gasteiger charge is 2.27. The van der Waals surface area contributed by atoms with E-state index in [1.807, 2.05) is 30.7 Å². The largest absolute Gasteiger partial charge is 0.333 e. The van der Waals surface area contributed by atoms with Crippen molar-refractivity contribution < 1.29 is 14.0 Å². The molecule has 0 fully saturated rings. The number of amides is 2. The van der Waals surface area contributed by atoms with Crippen molar-refractivity contribution in [1.29, 1.82) is 0 Å². The van der Waals surface area contributed by atoms with Gasteiger partial charge in [-0.1, -0.05) is 44.9 Å².